The largest absolute Gasteiger partial charge is 0.339 e. The number of hydrogen-bond donors (Lipinski definition) is 1. The van der Waals surface area contributed by atoms with Crippen LogP contribution in [-0.2, 0) is 13.5 Å². The van der Waals surface area contributed by atoms with Crippen LogP contribution in [0.2, 0.25) is 0 Å². The van der Waals surface area contributed by atoms with E-state index in [-0.39, 0.29) is 11.8 Å². The van der Waals surface area contributed by atoms with Gasteiger partial charge in [0.05, 0.1) is 11.3 Å². The molecule has 1 fully saturated rings. The molecule has 2 aromatic heterocycles. The van der Waals surface area contributed by atoms with E-state index in [0.717, 1.165) is 32.2 Å². The molecule has 0 saturated carbocycles. The third kappa shape index (κ3) is 5.09. The Morgan fingerprint density at radius 1 is 1.03 bits per heavy atom. The Kier molecular flexibility index (Phi) is 6.57. The van der Waals surface area contributed by atoms with Gasteiger partial charge in [-0.15, -0.1) is 0 Å². The van der Waals surface area contributed by atoms with Crippen molar-refractivity contribution in [3.05, 3.63) is 90.0 Å². The first-order valence-corrected chi connectivity index (χ1v) is 12.1. The van der Waals surface area contributed by atoms with Crippen molar-refractivity contribution < 1.29 is 9.59 Å². The molecule has 0 radical (unpaired) electrons. The number of nitrogens with one attached hydrogen (secondary N) is 1. The number of rotatable bonds is 5. The number of anilines is 1. The third-order valence-electron chi connectivity index (χ3n) is 6.77. The molecular weight excluding hydrogens is 438 g/mol. The van der Waals surface area contributed by atoms with E-state index >= 15 is 0 Å². The Labute approximate surface area is 204 Å². The standard InChI is InChI=1S/C28H29N5O2/c1-32-16-13-26(31-32)27(34)30-25-10-3-2-9-23(25)28(35)33-15-5-6-20(12-17-33)18-22-8-4-7-21-11-14-29-19-24(21)22/h2-4,7-11,13-14,16,19-20H,5-6,12,15,17-18H2,1H3,(H,30,34)/t20-/m0/s1. The van der Waals surface area contributed by atoms with Crippen molar-refractivity contribution in [2.45, 2.75) is 25.7 Å². The normalized spacial score (nSPS) is 16.1. The quantitative estimate of drug-likeness (QED) is 0.461. The Morgan fingerprint density at radius 2 is 1.91 bits per heavy atom. The number of aromatic nitrogens is 3. The summed E-state index contributed by atoms with van der Waals surface area (Å²) in [6, 6.07) is 17.3. The average Bonchev–Trinajstić information content (AvgIpc) is 3.18. The Morgan fingerprint density at radius 3 is 2.77 bits per heavy atom. The van der Waals surface area contributed by atoms with Crippen molar-refractivity contribution >= 4 is 28.3 Å². The molecule has 0 spiro atoms. The van der Waals surface area contributed by atoms with Crippen LogP contribution in [0.4, 0.5) is 5.69 Å². The van der Waals surface area contributed by atoms with E-state index in [9.17, 15) is 9.59 Å². The van der Waals surface area contributed by atoms with E-state index in [1.165, 1.54) is 16.3 Å². The van der Waals surface area contributed by atoms with Crippen LogP contribution in [0, 0.1) is 5.92 Å². The van der Waals surface area contributed by atoms with Gasteiger partial charge in [0.2, 0.25) is 0 Å². The van der Waals surface area contributed by atoms with Crippen LogP contribution in [0.3, 0.4) is 0 Å². The molecule has 0 bridgehead atoms. The van der Waals surface area contributed by atoms with Crippen LogP contribution < -0.4 is 5.32 Å². The van der Waals surface area contributed by atoms with Crippen molar-refractivity contribution in [2.24, 2.45) is 13.0 Å². The van der Waals surface area contributed by atoms with E-state index in [2.05, 4.69) is 39.7 Å². The summed E-state index contributed by atoms with van der Waals surface area (Å²) in [6.45, 7) is 1.42. The summed E-state index contributed by atoms with van der Waals surface area (Å²) in [5.41, 5.74) is 2.66. The highest BCUT2D eigenvalue weighted by Gasteiger charge is 2.24. The van der Waals surface area contributed by atoms with Gasteiger partial charge in [-0.3, -0.25) is 19.3 Å². The summed E-state index contributed by atoms with van der Waals surface area (Å²) in [7, 11) is 1.76. The molecule has 7 heteroatoms. The van der Waals surface area contributed by atoms with Gasteiger partial charge in [0.1, 0.15) is 0 Å². The van der Waals surface area contributed by atoms with Crippen LogP contribution >= 0.6 is 0 Å². The van der Waals surface area contributed by atoms with Crippen LogP contribution in [-0.4, -0.2) is 44.6 Å². The molecular formula is C28H29N5O2. The lowest BCUT2D eigenvalue weighted by Crippen LogP contribution is -2.33. The molecule has 1 aliphatic heterocycles. The van der Waals surface area contributed by atoms with Crippen molar-refractivity contribution in [1.29, 1.82) is 0 Å². The molecule has 1 saturated heterocycles. The van der Waals surface area contributed by atoms with Crippen molar-refractivity contribution in [3.8, 4) is 0 Å². The van der Waals surface area contributed by atoms with Gasteiger partial charge in [-0.05, 0) is 66.8 Å². The van der Waals surface area contributed by atoms with E-state index in [0.29, 0.717) is 29.4 Å². The molecule has 2 amide bonds. The fraction of sp³-hybridized carbons (Fsp3) is 0.286. The minimum absolute atomic E-state index is 0.0445. The first kappa shape index (κ1) is 22.8. The molecule has 0 unspecified atom stereocenters. The molecule has 178 valence electrons. The zero-order chi connectivity index (χ0) is 24.2. The first-order chi connectivity index (χ1) is 17.1. The molecule has 1 aliphatic rings. The molecule has 3 heterocycles. The number of para-hydroxylation sites is 1. The highest BCUT2D eigenvalue weighted by Crippen LogP contribution is 2.27. The number of pyridine rings is 1. The fourth-order valence-electron chi connectivity index (χ4n) is 4.91. The maximum absolute atomic E-state index is 13.5. The van der Waals surface area contributed by atoms with Gasteiger partial charge in [0, 0.05) is 44.1 Å². The predicted molar refractivity (Wildman–Crippen MR) is 136 cm³/mol. The van der Waals surface area contributed by atoms with E-state index in [4.69, 9.17) is 0 Å². The summed E-state index contributed by atoms with van der Waals surface area (Å²) >= 11 is 0. The zero-order valence-electron chi connectivity index (χ0n) is 19.9. The second-order valence-corrected chi connectivity index (χ2v) is 9.18. The summed E-state index contributed by atoms with van der Waals surface area (Å²) in [4.78, 5) is 32.4. The van der Waals surface area contributed by atoms with Crippen LogP contribution in [0.15, 0.2) is 73.2 Å². The molecule has 5 rings (SSSR count). The monoisotopic (exact) mass is 467 g/mol. The number of nitrogens with zero attached hydrogens (tertiary/aromatic N) is 4. The second kappa shape index (κ2) is 10.1. The third-order valence-corrected chi connectivity index (χ3v) is 6.77. The smallest absolute Gasteiger partial charge is 0.276 e. The summed E-state index contributed by atoms with van der Waals surface area (Å²) in [5, 5.41) is 9.44. The lowest BCUT2D eigenvalue weighted by Gasteiger charge is -2.22. The van der Waals surface area contributed by atoms with Gasteiger partial charge in [0.15, 0.2) is 5.69 Å². The van der Waals surface area contributed by atoms with E-state index < -0.39 is 0 Å². The Hall–Kier alpha value is -4.00. The van der Waals surface area contributed by atoms with Gasteiger partial charge in [-0.1, -0.05) is 30.3 Å². The summed E-state index contributed by atoms with van der Waals surface area (Å²) < 4.78 is 1.58. The minimum atomic E-state index is -0.327. The van der Waals surface area contributed by atoms with Crippen molar-refractivity contribution in [2.75, 3.05) is 18.4 Å². The Balaban J connectivity index is 1.27. The number of fused-ring (bicyclic) bond motifs is 1. The SMILES string of the molecule is Cn1ccc(C(=O)Nc2ccccc2C(=O)N2CCC[C@H](Cc3cccc4ccncc34)CC2)n1. The lowest BCUT2D eigenvalue weighted by molar-refractivity contribution is 0.0761. The number of hydrogen-bond acceptors (Lipinski definition) is 4. The number of benzene rings is 2. The molecule has 1 atom stereocenters. The lowest BCUT2D eigenvalue weighted by atomic mass is 9.91. The molecule has 0 aliphatic carbocycles. The molecule has 4 aromatic rings. The highest BCUT2D eigenvalue weighted by atomic mass is 16.2. The average molecular weight is 468 g/mol. The first-order valence-electron chi connectivity index (χ1n) is 12.1. The van der Waals surface area contributed by atoms with Crippen molar-refractivity contribution in [3.63, 3.8) is 0 Å². The topological polar surface area (TPSA) is 80.1 Å². The maximum Gasteiger partial charge on any atom is 0.276 e. The van der Waals surface area contributed by atoms with Gasteiger partial charge < -0.3 is 10.2 Å². The highest BCUT2D eigenvalue weighted by molar-refractivity contribution is 6.08. The van der Waals surface area contributed by atoms with Crippen LogP contribution in [0.5, 0.6) is 0 Å². The maximum atomic E-state index is 13.5. The predicted octanol–water partition coefficient (Wildman–Crippen LogP) is 4.71. The molecule has 35 heavy (non-hydrogen) atoms. The fourth-order valence-corrected chi connectivity index (χ4v) is 4.91. The molecule has 7 nitrogen and oxygen atoms in total. The second-order valence-electron chi connectivity index (χ2n) is 9.18. The molecule has 2 aromatic carbocycles. The van der Waals surface area contributed by atoms with E-state index in [1.54, 1.807) is 36.1 Å². The van der Waals surface area contributed by atoms with Crippen LogP contribution in [0.25, 0.3) is 10.8 Å². The summed E-state index contributed by atoms with van der Waals surface area (Å²) in [6.07, 6.45) is 9.48. The number of aryl methyl sites for hydroxylation is 1. The van der Waals surface area contributed by atoms with Gasteiger partial charge >= 0.3 is 0 Å². The minimum Gasteiger partial charge on any atom is -0.339 e. The Bertz CT molecular complexity index is 1360. The number of amides is 2. The zero-order valence-corrected chi connectivity index (χ0v) is 19.9. The van der Waals surface area contributed by atoms with E-state index in [1.807, 2.05) is 29.4 Å². The number of carbonyl (C=O) groups excluding carboxylic acids is 2. The molecule has 1 N–H and O–H groups in total. The van der Waals surface area contributed by atoms with Gasteiger partial charge in [-0.2, -0.15) is 5.10 Å². The summed E-state index contributed by atoms with van der Waals surface area (Å²) in [5.74, 6) is 0.140. The van der Waals surface area contributed by atoms with Gasteiger partial charge in [0.25, 0.3) is 11.8 Å². The van der Waals surface area contributed by atoms with Gasteiger partial charge in [-0.25, -0.2) is 0 Å². The number of likely N-dealkylation sites (tertiary alicyclic amines) is 1. The van der Waals surface area contributed by atoms with Crippen molar-refractivity contribution in [1.82, 2.24) is 19.7 Å². The number of carbonyl (C=O) groups is 2. The van der Waals surface area contributed by atoms with Crippen LogP contribution in [0.1, 0.15) is 45.7 Å².